The minimum Gasteiger partial charge on any atom is -0.380 e. The average molecular weight is 225 g/mol. The summed E-state index contributed by atoms with van der Waals surface area (Å²) in [6.45, 7) is 6.44. The third-order valence-electron chi connectivity index (χ3n) is 3.23. The Hall–Kier alpha value is -0.340. The molecule has 0 atom stereocenters. The summed E-state index contributed by atoms with van der Waals surface area (Å²) in [6.07, 6.45) is 12.5. The van der Waals surface area contributed by atoms with Gasteiger partial charge in [0.15, 0.2) is 0 Å². The lowest BCUT2D eigenvalue weighted by Gasteiger charge is -2.15. The average Bonchev–Trinajstić information content (AvgIpc) is 2.56. The Bertz CT molecular complexity index is 162. The summed E-state index contributed by atoms with van der Waals surface area (Å²) < 4.78 is 5.55. The first-order chi connectivity index (χ1) is 7.93. The zero-order valence-corrected chi connectivity index (χ0v) is 10.5. The van der Waals surface area contributed by atoms with Gasteiger partial charge in [-0.3, -0.25) is 0 Å². The molecule has 1 saturated carbocycles. The van der Waals surface area contributed by atoms with Gasteiger partial charge < -0.3 is 10.1 Å². The van der Waals surface area contributed by atoms with Crippen molar-refractivity contribution in [2.45, 2.75) is 57.4 Å². The standard InChI is InChI=1S/C14H27NO/c1-2-3-8-12-16-13-11-15-14-9-6-4-5-7-10-14/h2,14-15H,1,3-13H2. The van der Waals surface area contributed by atoms with Gasteiger partial charge in [0.2, 0.25) is 0 Å². The fourth-order valence-electron chi connectivity index (χ4n) is 2.25. The lowest BCUT2D eigenvalue weighted by atomic mass is 10.1. The summed E-state index contributed by atoms with van der Waals surface area (Å²) in [7, 11) is 0. The number of unbranched alkanes of at least 4 members (excludes halogenated alkanes) is 1. The molecule has 0 aromatic rings. The Morgan fingerprint density at radius 1 is 1.12 bits per heavy atom. The smallest absolute Gasteiger partial charge is 0.0591 e. The second kappa shape index (κ2) is 9.86. The van der Waals surface area contributed by atoms with Crippen LogP contribution >= 0.6 is 0 Å². The maximum Gasteiger partial charge on any atom is 0.0591 e. The first-order valence-electron chi connectivity index (χ1n) is 6.85. The number of hydrogen-bond donors (Lipinski definition) is 1. The van der Waals surface area contributed by atoms with Crippen molar-refractivity contribution in [2.75, 3.05) is 19.8 Å². The van der Waals surface area contributed by atoms with Gasteiger partial charge in [0.05, 0.1) is 6.61 Å². The van der Waals surface area contributed by atoms with E-state index in [0.29, 0.717) is 0 Å². The highest BCUT2D eigenvalue weighted by atomic mass is 16.5. The van der Waals surface area contributed by atoms with Crippen LogP contribution in [0, 0.1) is 0 Å². The van der Waals surface area contributed by atoms with Crippen LogP contribution in [0.1, 0.15) is 51.4 Å². The summed E-state index contributed by atoms with van der Waals surface area (Å²) in [6, 6.07) is 0.749. The molecule has 1 N–H and O–H groups in total. The van der Waals surface area contributed by atoms with E-state index in [4.69, 9.17) is 4.74 Å². The fourth-order valence-corrected chi connectivity index (χ4v) is 2.25. The van der Waals surface area contributed by atoms with Gasteiger partial charge >= 0.3 is 0 Å². The molecule has 0 bridgehead atoms. The van der Waals surface area contributed by atoms with Gasteiger partial charge in [0, 0.05) is 19.2 Å². The number of rotatable bonds is 8. The minimum atomic E-state index is 0.749. The van der Waals surface area contributed by atoms with Crippen LogP contribution in [0.15, 0.2) is 12.7 Å². The van der Waals surface area contributed by atoms with Crippen LogP contribution < -0.4 is 5.32 Å². The van der Waals surface area contributed by atoms with E-state index in [0.717, 1.165) is 38.6 Å². The molecule has 0 spiro atoms. The Kier molecular flexibility index (Phi) is 8.45. The highest BCUT2D eigenvalue weighted by Gasteiger charge is 2.10. The molecule has 0 saturated heterocycles. The summed E-state index contributed by atoms with van der Waals surface area (Å²) in [5, 5.41) is 3.61. The van der Waals surface area contributed by atoms with E-state index in [1.165, 1.54) is 38.5 Å². The van der Waals surface area contributed by atoms with Crippen LogP contribution in [0.2, 0.25) is 0 Å². The molecule has 1 aliphatic rings. The van der Waals surface area contributed by atoms with Crippen LogP contribution in [-0.2, 0) is 4.74 Å². The molecule has 2 nitrogen and oxygen atoms in total. The Balaban J connectivity index is 1.87. The highest BCUT2D eigenvalue weighted by molar-refractivity contribution is 4.70. The van der Waals surface area contributed by atoms with Crippen molar-refractivity contribution in [3.63, 3.8) is 0 Å². The van der Waals surface area contributed by atoms with Gasteiger partial charge in [-0.1, -0.05) is 31.8 Å². The number of nitrogens with one attached hydrogen (secondary N) is 1. The van der Waals surface area contributed by atoms with E-state index in [-0.39, 0.29) is 0 Å². The zero-order chi connectivity index (χ0) is 11.5. The van der Waals surface area contributed by atoms with Crippen molar-refractivity contribution in [3.05, 3.63) is 12.7 Å². The van der Waals surface area contributed by atoms with Gasteiger partial charge in [-0.05, 0) is 25.7 Å². The van der Waals surface area contributed by atoms with Crippen LogP contribution in [0.5, 0.6) is 0 Å². The molecule has 1 rings (SSSR count). The Morgan fingerprint density at radius 2 is 1.88 bits per heavy atom. The summed E-state index contributed by atoms with van der Waals surface area (Å²) in [4.78, 5) is 0. The van der Waals surface area contributed by atoms with Crippen molar-refractivity contribution in [1.82, 2.24) is 5.32 Å². The van der Waals surface area contributed by atoms with Crippen molar-refractivity contribution in [2.24, 2.45) is 0 Å². The summed E-state index contributed by atoms with van der Waals surface area (Å²) in [5.74, 6) is 0. The molecular weight excluding hydrogens is 198 g/mol. The van der Waals surface area contributed by atoms with Crippen LogP contribution in [0.25, 0.3) is 0 Å². The van der Waals surface area contributed by atoms with Crippen LogP contribution in [-0.4, -0.2) is 25.8 Å². The molecule has 0 heterocycles. The monoisotopic (exact) mass is 225 g/mol. The van der Waals surface area contributed by atoms with Crippen LogP contribution in [0.3, 0.4) is 0 Å². The minimum absolute atomic E-state index is 0.749. The second-order valence-electron chi connectivity index (χ2n) is 4.69. The molecule has 94 valence electrons. The molecule has 0 aliphatic heterocycles. The molecule has 0 amide bonds. The molecular formula is C14H27NO. The molecule has 16 heavy (non-hydrogen) atoms. The van der Waals surface area contributed by atoms with Gasteiger partial charge in [0.25, 0.3) is 0 Å². The van der Waals surface area contributed by atoms with Crippen LogP contribution in [0.4, 0.5) is 0 Å². The lowest BCUT2D eigenvalue weighted by molar-refractivity contribution is 0.131. The Morgan fingerprint density at radius 3 is 2.56 bits per heavy atom. The topological polar surface area (TPSA) is 21.3 Å². The Labute approximate surface area is 100 Å². The molecule has 0 aromatic heterocycles. The second-order valence-corrected chi connectivity index (χ2v) is 4.69. The SMILES string of the molecule is C=CCCCOCCNC1CCCCCC1. The van der Waals surface area contributed by atoms with Crippen molar-refractivity contribution >= 4 is 0 Å². The predicted molar refractivity (Wildman–Crippen MR) is 69.7 cm³/mol. The van der Waals surface area contributed by atoms with Gasteiger partial charge in [-0.15, -0.1) is 6.58 Å². The van der Waals surface area contributed by atoms with E-state index in [9.17, 15) is 0 Å². The number of allylic oxidation sites excluding steroid dienone is 1. The van der Waals surface area contributed by atoms with Crippen molar-refractivity contribution < 1.29 is 4.74 Å². The number of ether oxygens (including phenoxy) is 1. The van der Waals surface area contributed by atoms with E-state index in [1.807, 2.05) is 6.08 Å². The predicted octanol–water partition coefficient (Wildman–Crippen LogP) is 3.28. The van der Waals surface area contributed by atoms with Gasteiger partial charge in [-0.2, -0.15) is 0 Å². The highest BCUT2D eigenvalue weighted by Crippen LogP contribution is 2.16. The first-order valence-corrected chi connectivity index (χ1v) is 6.85. The fraction of sp³-hybridized carbons (Fsp3) is 0.857. The maximum absolute atomic E-state index is 5.55. The largest absolute Gasteiger partial charge is 0.380 e. The molecule has 2 heteroatoms. The molecule has 1 fully saturated rings. The van der Waals surface area contributed by atoms with E-state index in [1.54, 1.807) is 0 Å². The van der Waals surface area contributed by atoms with E-state index < -0.39 is 0 Å². The molecule has 1 aliphatic carbocycles. The van der Waals surface area contributed by atoms with E-state index in [2.05, 4.69) is 11.9 Å². The molecule has 0 radical (unpaired) electrons. The van der Waals surface area contributed by atoms with Crippen molar-refractivity contribution in [3.8, 4) is 0 Å². The van der Waals surface area contributed by atoms with E-state index >= 15 is 0 Å². The third kappa shape index (κ3) is 7.02. The maximum atomic E-state index is 5.55. The lowest BCUT2D eigenvalue weighted by Crippen LogP contribution is -2.31. The zero-order valence-electron chi connectivity index (χ0n) is 10.5. The normalized spacial score (nSPS) is 18.2. The quantitative estimate of drug-likeness (QED) is 0.389. The number of hydrogen-bond acceptors (Lipinski definition) is 2. The summed E-state index contributed by atoms with van der Waals surface area (Å²) in [5.41, 5.74) is 0. The molecule has 0 unspecified atom stereocenters. The van der Waals surface area contributed by atoms with Gasteiger partial charge in [-0.25, -0.2) is 0 Å². The van der Waals surface area contributed by atoms with Gasteiger partial charge in [0.1, 0.15) is 0 Å². The first kappa shape index (κ1) is 13.7. The third-order valence-corrected chi connectivity index (χ3v) is 3.23. The summed E-state index contributed by atoms with van der Waals surface area (Å²) >= 11 is 0. The van der Waals surface area contributed by atoms with Crippen molar-refractivity contribution in [1.29, 1.82) is 0 Å². The molecule has 0 aromatic carbocycles.